The van der Waals surface area contributed by atoms with Crippen molar-refractivity contribution in [3.8, 4) is 33.6 Å². The molecule has 3 saturated heterocycles. The van der Waals surface area contributed by atoms with Crippen molar-refractivity contribution in [1.82, 2.24) is 40.6 Å². The normalized spacial score (nSPS) is 21.4. The molecule has 15 heteroatoms. The van der Waals surface area contributed by atoms with Gasteiger partial charge in [-0.3, -0.25) is 9.59 Å². The molecule has 4 amide bonds. The summed E-state index contributed by atoms with van der Waals surface area (Å²) in [7, 11) is 2.56. The number of nitrogens with zero attached hydrogens (tertiary/aromatic N) is 4. The highest BCUT2D eigenvalue weighted by molar-refractivity contribution is 5.91. The first-order valence-electron chi connectivity index (χ1n) is 20.7. The maximum absolute atomic E-state index is 13.9. The SMILES string of the molecule is COC(=O)NC(C(=O)N1CCCC1c1ncc(-c2ccc3cc(-c4ccc(-c5cnc(C6C7CCC(O7)C6C(=O)N(NC(=O)OC)C(C)C)[nH]5)cc4)ccc3c2)[nH]1)C(C)C. The van der Waals surface area contributed by atoms with Crippen molar-refractivity contribution in [3.05, 3.63) is 84.7 Å². The molecule has 2 bridgehead atoms. The Balaban J connectivity index is 0.954. The number of aromatic nitrogens is 4. The molecule has 8 rings (SSSR count). The fourth-order valence-electron chi connectivity index (χ4n) is 9.02. The van der Waals surface area contributed by atoms with Gasteiger partial charge in [0, 0.05) is 18.2 Å². The molecule has 3 aliphatic heterocycles. The Hall–Kier alpha value is -6.22. The number of hydrogen-bond acceptors (Lipinski definition) is 9. The molecule has 0 saturated carbocycles. The first-order valence-corrected chi connectivity index (χ1v) is 20.7. The van der Waals surface area contributed by atoms with Crippen molar-refractivity contribution in [2.24, 2.45) is 11.8 Å². The van der Waals surface area contributed by atoms with Gasteiger partial charge in [-0.2, -0.15) is 0 Å². The lowest BCUT2D eigenvalue weighted by atomic mass is 9.78. The van der Waals surface area contributed by atoms with E-state index in [-0.39, 0.29) is 47.9 Å². The van der Waals surface area contributed by atoms with Crippen LogP contribution < -0.4 is 10.7 Å². The second-order valence-corrected chi connectivity index (χ2v) is 16.5. The summed E-state index contributed by atoms with van der Waals surface area (Å²) in [6.07, 6.45) is 5.16. The van der Waals surface area contributed by atoms with Gasteiger partial charge in [-0.05, 0) is 85.0 Å². The number of benzene rings is 3. The first kappa shape index (κ1) is 40.6. The van der Waals surface area contributed by atoms with Gasteiger partial charge in [0.1, 0.15) is 17.7 Å². The molecule has 4 N–H and O–H groups in total. The fraction of sp³-hybridized carbons (Fsp3) is 0.422. The number of carbonyl (C=O) groups excluding carboxylic acids is 4. The zero-order valence-corrected chi connectivity index (χ0v) is 34.7. The number of H-pyrrole nitrogens is 2. The van der Waals surface area contributed by atoms with E-state index in [1.807, 2.05) is 38.8 Å². The lowest BCUT2D eigenvalue weighted by Gasteiger charge is -2.33. The van der Waals surface area contributed by atoms with Gasteiger partial charge in [0.15, 0.2) is 0 Å². The number of nitrogens with one attached hydrogen (secondary N) is 4. The molecule has 3 aromatic carbocycles. The standard InChI is InChI=1S/C45H52N8O7/c1-24(2)39(50-44(56)58-5)43(55)52-19-7-8-34(52)40-46-23-33(48-40)31-16-15-29-20-28(13-14-30(29)21-31)26-9-11-27(12-10-26)32-22-47-41(49-32)37-35-17-18-36(60-35)38(37)42(54)53(25(3)4)51-45(57)59-6/h9-16,20-25,34-39H,7-8,17-19H2,1-6H3,(H,46,48)(H,47,49)(H,50,56)(H,51,57). The maximum Gasteiger partial charge on any atom is 0.425 e. The highest BCUT2D eigenvalue weighted by Crippen LogP contribution is 2.49. The molecule has 6 atom stereocenters. The lowest BCUT2D eigenvalue weighted by Crippen LogP contribution is -2.54. The van der Waals surface area contributed by atoms with Crippen molar-refractivity contribution in [2.45, 2.75) is 89.6 Å². The van der Waals surface area contributed by atoms with Crippen LogP contribution in [-0.4, -0.2) is 98.9 Å². The summed E-state index contributed by atoms with van der Waals surface area (Å²) in [4.78, 5) is 69.8. The minimum Gasteiger partial charge on any atom is -0.453 e. The molecular weight excluding hydrogens is 765 g/mol. The van der Waals surface area contributed by atoms with Crippen LogP contribution in [0.1, 0.15) is 77.0 Å². The number of aromatic amines is 2. The predicted molar refractivity (Wildman–Crippen MR) is 224 cm³/mol. The van der Waals surface area contributed by atoms with Gasteiger partial charge in [0.25, 0.3) is 0 Å². The Bertz CT molecular complexity index is 2390. The maximum atomic E-state index is 13.9. The van der Waals surface area contributed by atoms with E-state index < -0.39 is 24.1 Å². The van der Waals surface area contributed by atoms with Crippen LogP contribution in [0, 0.1) is 11.8 Å². The number of methoxy groups -OCH3 is 2. The van der Waals surface area contributed by atoms with Crippen LogP contribution in [0.25, 0.3) is 44.4 Å². The Kier molecular flexibility index (Phi) is 11.4. The predicted octanol–water partition coefficient (Wildman–Crippen LogP) is 7.10. The minimum atomic E-state index is -0.697. The minimum absolute atomic E-state index is 0.108. The quantitative estimate of drug-likeness (QED) is 0.107. The summed E-state index contributed by atoms with van der Waals surface area (Å²) in [5.74, 6) is 0.193. The zero-order valence-electron chi connectivity index (χ0n) is 34.7. The lowest BCUT2D eigenvalue weighted by molar-refractivity contribution is -0.142. The molecule has 0 radical (unpaired) electrons. The van der Waals surface area contributed by atoms with Gasteiger partial charge in [0.05, 0.1) is 68.1 Å². The van der Waals surface area contributed by atoms with E-state index in [4.69, 9.17) is 24.2 Å². The number of hydrazine groups is 1. The molecular formula is C45H52N8O7. The van der Waals surface area contributed by atoms with Gasteiger partial charge in [0.2, 0.25) is 11.8 Å². The molecule has 60 heavy (non-hydrogen) atoms. The van der Waals surface area contributed by atoms with Crippen molar-refractivity contribution >= 4 is 34.8 Å². The number of likely N-dealkylation sites (tertiary alicyclic amines) is 1. The van der Waals surface area contributed by atoms with E-state index in [9.17, 15) is 19.2 Å². The van der Waals surface area contributed by atoms with E-state index in [0.29, 0.717) is 12.4 Å². The van der Waals surface area contributed by atoms with Crippen molar-refractivity contribution < 1.29 is 33.4 Å². The number of imidazole rings is 2. The average molecular weight is 817 g/mol. The number of ether oxygens (including phenoxy) is 3. The van der Waals surface area contributed by atoms with Crippen LogP contribution in [0.3, 0.4) is 0 Å². The third-order valence-electron chi connectivity index (χ3n) is 12.1. The summed E-state index contributed by atoms with van der Waals surface area (Å²) in [6.45, 7) is 8.08. The Morgan fingerprint density at radius 1 is 0.767 bits per heavy atom. The van der Waals surface area contributed by atoms with Crippen LogP contribution in [0.5, 0.6) is 0 Å². The highest BCUT2D eigenvalue weighted by Gasteiger charge is 2.55. The van der Waals surface area contributed by atoms with E-state index >= 15 is 0 Å². The highest BCUT2D eigenvalue weighted by atomic mass is 16.5. The van der Waals surface area contributed by atoms with Crippen LogP contribution >= 0.6 is 0 Å². The fourth-order valence-corrected chi connectivity index (χ4v) is 9.02. The second kappa shape index (κ2) is 16.8. The van der Waals surface area contributed by atoms with Crippen LogP contribution in [-0.2, 0) is 23.8 Å². The Morgan fingerprint density at radius 2 is 1.37 bits per heavy atom. The van der Waals surface area contributed by atoms with Crippen molar-refractivity contribution in [2.75, 3.05) is 20.8 Å². The van der Waals surface area contributed by atoms with Gasteiger partial charge in [-0.1, -0.05) is 62.4 Å². The van der Waals surface area contributed by atoms with E-state index in [1.165, 1.54) is 19.2 Å². The van der Waals surface area contributed by atoms with E-state index in [0.717, 1.165) is 75.9 Å². The monoisotopic (exact) mass is 816 g/mol. The van der Waals surface area contributed by atoms with Crippen LogP contribution in [0.15, 0.2) is 73.1 Å². The Labute approximate surface area is 348 Å². The molecule has 6 unspecified atom stereocenters. The zero-order chi connectivity index (χ0) is 42.2. The molecule has 3 fully saturated rings. The summed E-state index contributed by atoms with van der Waals surface area (Å²) < 4.78 is 15.8. The first-order chi connectivity index (χ1) is 28.9. The van der Waals surface area contributed by atoms with Gasteiger partial charge in [-0.15, -0.1) is 0 Å². The Morgan fingerprint density at radius 3 is 2.05 bits per heavy atom. The number of amides is 4. The van der Waals surface area contributed by atoms with Gasteiger partial charge < -0.3 is 34.4 Å². The second-order valence-electron chi connectivity index (χ2n) is 16.5. The number of carbonyl (C=O) groups is 4. The topological polar surface area (TPSA) is 184 Å². The molecule has 5 aromatic rings. The molecule has 5 heterocycles. The third kappa shape index (κ3) is 7.81. The van der Waals surface area contributed by atoms with Crippen LogP contribution in [0.4, 0.5) is 9.59 Å². The van der Waals surface area contributed by atoms with Crippen molar-refractivity contribution in [3.63, 3.8) is 0 Å². The largest absolute Gasteiger partial charge is 0.453 e. The number of hydrogen-bond donors (Lipinski definition) is 4. The number of fused-ring (bicyclic) bond motifs is 3. The number of alkyl carbamates (subject to hydrolysis) is 1. The molecule has 3 aliphatic rings. The molecule has 2 aromatic heterocycles. The summed E-state index contributed by atoms with van der Waals surface area (Å²) in [5, 5.41) is 6.22. The molecule has 0 spiro atoms. The van der Waals surface area contributed by atoms with E-state index in [1.54, 1.807) is 6.20 Å². The van der Waals surface area contributed by atoms with Gasteiger partial charge in [-0.25, -0.2) is 30.0 Å². The van der Waals surface area contributed by atoms with E-state index in [2.05, 4.69) is 81.4 Å². The van der Waals surface area contributed by atoms with Crippen molar-refractivity contribution in [1.29, 1.82) is 0 Å². The molecule has 0 aliphatic carbocycles. The average Bonchev–Trinajstić information content (AvgIpc) is 4.12. The third-order valence-corrected chi connectivity index (χ3v) is 12.1. The summed E-state index contributed by atoms with van der Waals surface area (Å²) in [6, 6.07) is 19.9. The molecule has 314 valence electrons. The smallest absolute Gasteiger partial charge is 0.425 e. The molecule has 15 nitrogen and oxygen atoms in total. The van der Waals surface area contributed by atoms with Gasteiger partial charge >= 0.3 is 12.2 Å². The summed E-state index contributed by atoms with van der Waals surface area (Å²) in [5.41, 5.74) is 8.39. The number of rotatable bonds is 10. The summed E-state index contributed by atoms with van der Waals surface area (Å²) >= 11 is 0. The van der Waals surface area contributed by atoms with Crippen LogP contribution in [0.2, 0.25) is 0 Å².